The van der Waals surface area contributed by atoms with Crippen LogP contribution in [-0.2, 0) is 0 Å². The normalized spacial score (nSPS) is 9.86. The number of nitro benzene ring substituents is 1. The zero-order valence-electron chi connectivity index (χ0n) is 7.17. The van der Waals surface area contributed by atoms with Gasteiger partial charge in [-0.3, -0.25) is 10.1 Å². The Kier molecular flexibility index (Phi) is 3.19. The Morgan fingerprint density at radius 1 is 1.64 bits per heavy atom. The number of nitro groups is 1. The van der Waals surface area contributed by atoms with Crippen LogP contribution in [-0.4, -0.2) is 10.8 Å². The van der Waals surface area contributed by atoms with Crippen LogP contribution in [0, 0.1) is 15.9 Å². The predicted molar refractivity (Wildman–Crippen MR) is 52.8 cm³/mol. The van der Waals surface area contributed by atoms with Crippen LogP contribution in [0.15, 0.2) is 24.8 Å². The number of alkyl halides is 1. The fourth-order valence-corrected chi connectivity index (χ4v) is 1.11. The summed E-state index contributed by atoms with van der Waals surface area (Å²) in [5.41, 5.74) is 0.458. The third-order valence-corrected chi connectivity index (χ3v) is 2.04. The molecule has 0 N–H and O–H groups in total. The summed E-state index contributed by atoms with van der Waals surface area (Å²) >= 11 is 5.49. The Labute approximate surface area is 85.0 Å². The lowest BCUT2D eigenvalue weighted by molar-refractivity contribution is -0.387. The largest absolute Gasteiger partial charge is 0.304 e. The molecule has 0 fully saturated rings. The van der Waals surface area contributed by atoms with Crippen LogP contribution in [0.2, 0.25) is 0 Å². The van der Waals surface area contributed by atoms with Gasteiger partial charge in [0.2, 0.25) is 5.82 Å². The van der Waals surface area contributed by atoms with Crippen molar-refractivity contribution in [2.45, 2.75) is 0 Å². The molecule has 0 heterocycles. The first-order valence-electron chi connectivity index (χ1n) is 3.74. The van der Waals surface area contributed by atoms with Crippen LogP contribution in [0.1, 0.15) is 5.56 Å². The standard InChI is InChI=1S/C9H7ClFNO2/c1-6(5-10)7-2-3-9(12(13)14)8(11)4-7/h2-4H,1,5H2. The third kappa shape index (κ3) is 2.09. The van der Waals surface area contributed by atoms with Gasteiger partial charge >= 0.3 is 5.69 Å². The van der Waals surface area contributed by atoms with E-state index in [4.69, 9.17) is 11.6 Å². The molecule has 5 heteroatoms. The lowest BCUT2D eigenvalue weighted by atomic mass is 10.1. The van der Waals surface area contributed by atoms with E-state index >= 15 is 0 Å². The molecule has 0 saturated carbocycles. The summed E-state index contributed by atoms with van der Waals surface area (Å²) in [6, 6.07) is 3.58. The minimum Gasteiger partial charge on any atom is -0.258 e. The van der Waals surface area contributed by atoms with Crippen LogP contribution in [0.3, 0.4) is 0 Å². The zero-order chi connectivity index (χ0) is 10.7. The lowest BCUT2D eigenvalue weighted by Crippen LogP contribution is -1.94. The Morgan fingerprint density at radius 3 is 2.71 bits per heavy atom. The van der Waals surface area contributed by atoms with E-state index in [0.29, 0.717) is 11.1 Å². The van der Waals surface area contributed by atoms with Crippen molar-refractivity contribution < 1.29 is 9.31 Å². The molecule has 3 nitrogen and oxygen atoms in total. The van der Waals surface area contributed by atoms with E-state index in [0.717, 1.165) is 12.1 Å². The monoisotopic (exact) mass is 215 g/mol. The molecule has 0 aliphatic heterocycles. The van der Waals surface area contributed by atoms with Crippen LogP contribution in [0.4, 0.5) is 10.1 Å². The highest BCUT2D eigenvalue weighted by Gasteiger charge is 2.14. The van der Waals surface area contributed by atoms with E-state index in [2.05, 4.69) is 6.58 Å². The molecular weight excluding hydrogens is 209 g/mol. The van der Waals surface area contributed by atoms with Crippen LogP contribution in [0.5, 0.6) is 0 Å². The lowest BCUT2D eigenvalue weighted by Gasteiger charge is -2.01. The van der Waals surface area contributed by atoms with E-state index in [-0.39, 0.29) is 5.88 Å². The minimum atomic E-state index is -0.876. The molecule has 0 saturated heterocycles. The van der Waals surface area contributed by atoms with Gasteiger partial charge in [0.05, 0.1) is 4.92 Å². The number of nitrogens with zero attached hydrogens (tertiary/aromatic N) is 1. The summed E-state index contributed by atoms with van der Waals surface area (Å²) < 4.78 is 13.1. The molecule has 1 aromatic rings. The van der Waals surface area contributed by atoms with Gasteiger partial charge in [-0.05, 0) is 23.3 Å². The number of rotatable bonds is 3. The number of hydrogen-bond acceptors (Lipinski definition) is 2. The van der Waals surface area contributed by atoms with Crippen molar-refractivity contribution in [1.82, 2.24) is 0 Å². The molecule has 1 rings (SSSR count). The second-order valence-corrected chi connectivity index (χ2v) is 2.93. The summed E-state index contributed by atoms with van der Waals surface area (Å²) in [5.74, 6) is -0.712. The van der Waals surface area contributed by atoms with Gasteiger partial charge in [0.1, 0.15) is 0 Å². The second-order valence-electron chi connectivity index (χ2n) is 2.66. The van der Waals surface area contributed by atoms with Crippen molar-refractivity contribution in [3.05, 3.63) is 46.3 Å². The van der Waals surface area contributed by atoms with Gasteiger partial charge in [-0.2, -0.15) is 4.39 Å². The van der Waals surface area contributed by atoms with E-state index in [1.54, 1.807) is 0 Å². The molecule has 0 spiro atoms. The van der Waals surface area contributed by atoms with Gasteiger partial charge in [-0.25, -0.2) is 0 Å². The molecule has 74 valence electrons. The topological polar surface area (TPSA) is 43.1 Å². The molecule has 1 aromatic carbocycles. The van der Waals surface area contributed by atoms with Crippen molar-refractivity contribution in [2.75, 3.05) is 5.88 Å². The fourth-order valence-electron chi connectivity index (χ4n) is 0.952. The maximum atomic E-state index is 13.1. The van der Waals surface area contributed by atoms with E-state index in [1.165, 1.54) is 6.07 Å². The predicted octanol–water partition coefficient (Wildman–Crippen LogP) is 2.99. The maximum Gasteiger partial charge on any atom is 0.304 e. The molecule has 0 amide bonds. The highest BCUT2D eigenvalue weighted by Crippen LogP contribution is 2.22. The fraction of sp³-hybridized carbons (Fsp3) is 0.111. The SMILES string of the molecule is C=C(CCl)c1ccc([N+](=O)[O-])c(F)c1. The number of hydrogen-bond donors (Lipinski definition) is 0. The molecule has 14 heavy (non-hydrogen) atoms. The number of allylic oxidation sites excluding steroid dienone is 1. The molecule has 0 atom stereocenters. The minimum absolute atomic E-state index is 0.164. The number of benzene rings is 1. The summed E-state index contributed by atoms with van der Waals surface area (Å²) in [5, 5.41) is 10.3. The van der Waals surface area contributed by atoms with Gasteiger partial charge in [0.15, 0.2) is 0 Å². The van der Waals surface area contributed by atoms with E-state index in [1.807, 2.05) is 0 Å². The van der Waals surface area contributed by atoms with Crippen molar-refractivity contribution in [3.8, 4) is 0 Å². The van der Waals surface area contributed by atoms with Gasteiger partial charge in [-0.15, -0.1) is 11.6 Å². The quantitative estimate of drug-likeness (QED) is 0.442. The third-order valence-electron chi connectivity index (χ3n) is 1.71. The van der Waals surface area contributed by atoms with Gasteiger partial charge in [-0.1, -0.05) is 6.58 Å². The van der Waals surface area contributed by atoms with Crippen LogP contribution in [0.25, 0.3) is 5.57 Å². The summed E-state index contributed by atoms with van der Waals surface area (Å²) in [7, 11) is 0. The molecule has 0 radical (unpaired) electrons. The average molecular weight is 216 g/mol. The Hall–Kier alpha value is -1.42. The smallest absolute Gasteiger partial charge is 0.258 e. The Morgan fingerprint density at radius 2 is 2.29 bits per heavy atom. The average Bonchev–Trinajstić information content (AvgIpc) is 2.15. The summed E-state index contributed by atoms with van der Waals surface area (Å²) in [4.78, 5) is 9.51. The molecule has 0 bridgehead atoms. The first-order valence-corrected chi connectivity index (χ1v) is 4.27. The first-order chi connectivity index (χ1) is 6.56. The van der Waals surface area contributed by atoms with Crippen molar-refractivity contribution in [3.63, 3.8) is 0 Å². The Bertz CT molecular complexity index is 392. The van der Waals surface area contributed by atoms with Gasteiger partial charge in [0.25, 0.3) is 0 Å². The van der Waals surface area contributed by atoms with E-state index in [9.17, 15) is 14.5 Å². The second kappa shape index (κ2) is 4.19. The van der Waals surface area contributed by atoms with Gasteiger partial charge < -0.3 is 0 Å². The highest BCUT2D eigenvalue weighted by molar-refractivity contribution is 6.23. The summed E-state index contributed by atoms with van der Waals surface area (Å²) in [6.45, 7) is 3.59. The molecule has 0 aromatic heterocycles. The van der Waals surface area contributed by atoms with Crippen LogP contribution >= 0.6 is 11.6 Å². The zero-order valence-corrected chi connectivity index (χ0v) is 7.92. The van der Waals surface area contributed by atoms with Crippen molar-refractivity contribution >= 4 is 22.9 Å². The number of halogens is 2. The maximum absolute atomic E-state index is 13.1. The molecule has 0 unspecified atom stereocenters. The van der Waals surface area contributed by atoms with Crippen molar-refractivity contribution in [2.24, 2.45) is 0 Å². The molecule has 0 aliphatic rings. The summed E-state index contributed by atoms with van der Waals surface area (Å²) in [6.07, 6.45) is 0. The molecular formula is C9H7ClFNO2. The Balaban J connectivity index is 3.12. The highest BCUT2D eigenvalue weighted by atomic mass is 35.5. The van der Waals surface area contributed by atoms with Gasteiger partial charge in [0, 0.05) is 11.9 Å². The molecule has 0 aliphatic carbocycles. The van der Waals surface area contributed by atoms with Crippen molar-refractivity contribution in [1.29, 1.82) is 0 Å². The van der Waals surface area contributed by atoms with Crippen LogP contribution < -0.4 is 0 Å². The van der Waals surface area contributed by atoms with E-state index < -0.39 is 16.4 Å². The first kappa shape index (κ1) is 10.7.